The van der Waals surface area contributed by atoms with Gasteiger partial charge in [-0.15, -0.1) is 0 Å². The third-order valence-corrected chi connectivity index (χ3v) is 3.03. The van der Waals surface area contributed by atoms with Crippen LogP contribution in [0.2, 0.25) is 0 Å². The van der Waals surface area contributed by atoms with E-state index < -0.39 is 6.08 Å². The summed E-state index contributed by atoms with van der Waals surface area (Å²) in [6.07, 6.45) is 4.08. The van der Waals surface area contributed by atoms with Crippen molar-refractivity contribution in [3.05, 3.63) is 78.1 Å². The fraction of sp³-hybridized carbons (Fsp3) is 0.188. The minimum absolute atomic E-state index is 0.293. The van der Waals surface area contributed by atoms with Crippen molar-refractivity contribution < 1.29 is 8.78 Å². The van der Waals surface area contributed by atoms with Crippen molar-refractivity contribution in [2.45, 2.75) is 18.8 Å². The summed E-state index contributed by atoms with van der Waals surface area (Å²) in [7, 11) is 0. The highest BCUT2D eigenvalue weighted by Gasteiger charge is 2.11. The molecule has 0 amide bonds. The van der Waals surface area contributed by atoms with Crippen molar-refractivity contribution in [3.63, 3.8) is 0 Å². The van der Waals surface area contributed by atoms with Crippen LogP contribution in [0.1, 0.15) is 23.5 Å². The van der Waals surface area contributed by atoms with Crippen LogP contribution in [0.15, 0.2) is 67.0 Å². The van der Waals surface area contributed by atoms with Crippen molar-refractivity contribution in [2.75, 3.05) is 0 Å². The van der Waals surface area contributed by atoms with Crippen molar-refractivity contribution in [2.24, 2.45) is 0 Å². The molecule has 0 aliphatic rings. The number of benzene rings is 1. The van der Waals surface area contributed by atoms with Gasteiger partial charge in [0.05, 0.1) is 0 Å². The fourth-order valence-corrected chi connectivity index (χ4v) is 2.06. The van der Waals surface area contributed by atoms with Crippen LogP contribution in [0, 0.1) is 0 Å². The zero-order valence-electron chi connectivity index (χ0n) is 10.5. The molecule has 2 aromatic rings. The van der Waals surface area contributed by atoms with E-state index in [1.807, 2.05) is 36.4 Å². The third-order valence-electron chi connectivity index (χ3n) is 3.03. The Balaban J connectivity index is 2.09. The molecule has 1 aromatic heterocycles. The Labute approximate surface area is 111 Å². The number of rotatable bonds is 5. The Bertz CT molecular complexity index is 519. The summed E-state index contributed by atoms with van der Waals surface area (Å²) in [4.78, 5) is 3.99. The number of nitrogens with zero attached hydrogens (tertiary/aromatic N) is 1. The van der Waals surface area contributed by atoms with E-state index in [0.717, 1.165) is 23.6 Å². The van der Waals surface area contributed by atoms with Gasteiger partial charge in [-0.1, -0.05) is 36.4 Å². The molecule has 98 valence electrons. The maximum atomic E-state index is 12.5. The standard InChI is InChI=1S/C16H15F2N/c17-16(18)11-14(15-7-4-10-19-12-15)9-8-13-5-2-1-3-6-13/h1-7,10-12,14H,8-9H2. The van der Waals surface area contributed by atoms with Crippen LogP contribution in [0.5, 0.6) is 0 Å². The largest absolute Gasteiger partial charge is 0.266 e. The van der Waals surface area contributed by atoms with Gasteiger partial charge in [-0.25, -0.2) is 0 Å². The first-order chi connectivity index (χ1) is 9.25. The first-order valence-electron chi connectivity index (χ1n) is 6.22. The van der Waals surface area contributed by atoms with Gasteiger partial charge in [-0.2, -0.15) is 8.78 Å². The predicted octanol–water partition coefficient (Wildman–Crippen LogP) is 4.58. The quantitative estimate of drug-likeness (QED) is 0.766. The van der Waals surface area contributed by atoms with Crippen molar-refractivity contribution >= 4 is 0 Å². The van der Waals surface area contributed by atoms with Gasteiger partial charge >= 0.3 is 0 Å². The topological polar surface area (TPSA) is 12.9 Å². The number of pyridine rings is 1. The van der Waals surface area contributed by atoms with E-state index in [0.29, 0.717) is 6.42 Å². The summed E-state index contributed by atoms with van der Waals surface area (Å²) in [5.41, 5.74) is 1.98. The van der Waals surface area contributed by atoms with E-state index in [-0.39, 0.29) is 5.92 Å². The van der Waals surface area contributed by atoms with Crippen LogP contribution >= 0.6 is 0 Å². The van der Waals surface area contributed by atoms with E-state index in [2.05, 4.69) is 4.98 Å². The van der Waals surface area contributed by atoms with Gasteiger partial charge in [0.1, 0.15) is 0 Å². The lowest BCUT2D eigenvalue weighted by atomic mass is 9.93. The van der Waals surface area contributed by atoms with Crippen LogP contribution in [0.3, 0.4) is 0 Å². The number of halogens is 2. The molecule has 1 unspecified atom stereocenters. The number of allylic oxidation sites excluding steroid dienone is 1. The first kappa shape index (κ1) is 13.4. The SMILES string of the molecule is FC(F)=CC(CCc1ccccc1)c1cccnc1. The molecule has 1 nitrogen and oxygen atoms in total. The molecule has 0 spiro atoms. The zero-order valence-corrected chi connectivity index (χ0v) is 10.5. The van der Waals surface area contributed by atoms with Crippen molar-refractivity contribution in [1.29, 1.82) is 0 Å². The van der Waals surface area contributed by atoms with Gasteiger partial charge < -0.3 is 0 Å². The highest BCUT2D eigenvalue weighted by atomic mass is 19.3. The van der Waals surface area contributed by atoms with E-state index in [1.54, 1.807) is 18.5 Å². The normalized spacial score (nSPS) is 11.9. The Kier molecular flexibility index (Phi) is 4.78. The summed E-state index contributed by atoms with van der Waals surface area (Å²) in [5.74, 6) is -0.293. The van der Waals surface area contributed by atoms with Gasteiger partial charge in [0.2, 0.25) is 0 Å². The van der Waals surface area contributed by atoms with Gasteiger partial charge in [0, 0.05) is 18.3 Å². The van der Waals surface area contributed by atoms with Gasteiger partial charge in [-0.05, 0) is 36.1 Å². The molecule has 3 heteroatoms. The first-order valence-corrected chi connectivity index (χ1v) is 6.22. The summed E-state index contributed by atoms with van der Waals surface area (Å²) >= 11 is 0. The fourth-order valence-electron chi connectivity index (χ4n) is 2.06. The number of hydrogen-bond donors (Lipinski definition) is 0. The Morgan fingerprint density at radius 1 is 1.11 bits per heavy atom. The third kappa shape index (κ3) is 4.28. The molecule has 0 radical (unpaired) electrons. The van der Waals surface area contributed by atoms with Crippen LogP contribution < -0.4 is 0 Å². The highest BCUT2D eigenvalue weighted by Crippen LogP contribution is 2.24. The number of aromatic nitrogens is 1. The maximum absolute atomic E-state index is 12.5. The van der Waals surface area contributed by atoms with Crippen LogP contribution in [-0.2, 0) is 6.42 Å². The summed E-state index contributed by atoms with van der Waals surface area (Å²) in [6.45, 7) is 0. The second kappa shape index (κ2) is 6.78. The molecule has 0 fully saturated rings. The lowest BCUT2D eigenvalue weighted by Crippen LogP contribution is -1.99. The molecule has 0 saturated carbocycles. The second-order valence-electron chi connectivity index (χ2n) is 4.37. The molecule has 0 N–H and O–H groups in total. The molecule has 0 bridgehead atoms. The molecule has 2 rings (SSSR count). The van der Waals surface area contributed by atoms with Crippen LogP contribution in [0.4, 0.5) is 8.78 Å². The van der Waals surface area contributed by atoms with Gasteiger partial charge in [0.15, 0.2) is 0 Å². The van der Waals surface area contributed by atoms with Crippen LogP contribution in [-0.4, -0.2) is 4.98 Å². The second-order valence-corrected chi connectivity index (χ2v) is 4.37. The molecule has 1 heterocycles. The summed E-state index contributed by atoms with van der Waals surface area (Å²) < 4.78 is 25.1. The molecular weight excluding hydrogens is 244 g/mol. The lowest BCUT2D eigenvalue weighted by molar-refractivity contribution is 0.413. The minimum Gasteiger partial charge on any atom is -0.264 e. The highest BCUT2D eigenvalue weighted by molar-refractivity contribution is 5.22. The average molecular weight is 259 g/mol. The molecular formula is C16H15F2N. The number of aryl methyl sites for hydroxylation is 1. The Hall–Kier alpha value is -2.03. The minimum atomic E-state index is -1.64. The van der Waals surface area contributed by atoms with Gasteiger partial charge in [-0.3, -0.25) is 4.98 Å². The van der Waals surface area contributed by atoms with E-state index >= 15 is 0 Å². The smallest absolute Gasteiger partial charge is 0.264 e. The molecule has 1 atom stereocenters. The zero-order chi connectivity index (χ0) is 13.5. The monoisotopic (exact) mass is 259 g/mol. The molecule has 19 heavy (non-hydrogen) atoms. The van der Waals surface area contributed by atoms with E-state index in [4.69, 9.17) is 0 Å². The van der Waals surface area contributed by atoms with E-state index in [1.165, 1.54) is 0 Å². The summed E-state index contributed by atoms with van der Waals surface area (Å²) in [6, 6.07) is 13.5. The van der Waals surface area contributed by atoms with Crippen molar-refractivity contribution in [1.82, 2.24) is 4.98 Å². The average Bonchev–Trinajstić information content (AvgIpc) is 2.45. The Morgan fingerprint density at radius 2 is 1.89 bits per heavy atom. The van der Waals surface area contributed by atoms with Gasteiger partial charge in [0.25, 0.3) is 6.08 Å². The Morgan fingerprint density at radius 3 is 2.53 bits per heavy atom. The molecule has 1 aromatic carbocycles. The van der Waals surface area contributed by atoms with Crippen molar-refractivity contribution in [3.8, 4) is 0 Å². The number of hydrogen-bond acceptors (Lipinski definition) is 1. The van der Waals surface area contributed by atoms with E-state index in [9.17, 15) is 8.78 Å². The predicted molar refractivity (Wildman–Crippen MR) is 72.0 cm³/mol. The molecule has 0 saturated heterocycles. The van der Waals surface area contributed by atoms with Crippen LogP contribution in [0.25, 0.3) is 0 Å². The molecule has 0 aliphatic carbocycles. The summed E-state index contributed by atoms with van der Waals surface area (Å²) in [5, 5.41) is 0. The molecule has 0 aliphatic heterocycles. The maximum Gasteiger partial charge on any atom is 0.266 e. The lowest BCUT2D eigenvalue weighted by Gasteiger charge is -2.12.